The summed E-state index contributed by atoms with van der Waals surface area (Å²) in [5.74, 6) is -0.484. The van der Waals surface area contributed by atoms with Gasteiger partial charge in [-0.2, -0.15) is 0 Å². The predicted molar refractivity (Wildman–Crippen MR) is 95.4 cm³/mol. The van der Waals surface area contributed by atoms with E-state index in [1.807, 2.05) is 16.8 Å². The molecule has 1 aliphatic rings. The van der Waals surface area contributed by atoms with Gasteiger partial charge in [0, 0.05) is 30.2 Å². The van der Waals surface area contributed by atoms with Crippen LogP contribution in [0.3, 0.4) is 0 Å². The van der Waals surface area contributed by atoms with E-state index in [4.69, 9.17) is 10.5 Å². The van der Waals surface area contributed by atoms with Crippen LogP contribution in [0.5, 0.6) is 0 Å². The zero-order valence-electron chi connectivity index (χ0n) is 13.2. The van der Waals surface area contributed by atoms with Crippen molar-refractivity contribution in [3.8, 4) is 11.3 Å². The lowest BCUT2D eigenvalue weighted by atomic mass is 10.1. The summed E-state index contributed by atoms with van der Waals surface area (Å²) in [7, 11) is 0. The lowest BCUT2D eigenvalue weighted by molar-refractivity contribution is 0.0189. The summed E-state index contributed by atoms with van der Waals surface area (Å²) in [4.78, 5) is 12.1. The second kappa shape index (κ2) is 6.66. The van der Waals surface area contributed by atoms with Crippen molar-refractivity contribution < 1.29 is 9.13 Å². The normalized spacial score (nSPS) is 17.9. The third kappa shape index (κ3) is 3.22. The van der Waals surface area contributed by atoms with Crippen LogP contribution >= 0.6 is 15.9 Å². The van der Waals surface area contributed by atoms with Gasteiger partial charge < -0.3 is 20.4 Å². The standard InChI is InChI=1S/C16H16BrFN6O/c17-14-3-10-11(15-12(18)5-22-16(19)23-15)8-24(13(10)6-21-14)7-9-4-20-1-2-25-9/h3,5-6,8-9,20H,1-2,4,7H2,(H2,19,22,23). The maximum absolute atomic E-state index is 14.3. The molecule has 9 heteroatoms. The van der Waals surface area contributed by atoms with Crippen LogP contribution in [0.4, 0.5) is 10.3 Å². The van der Waals surface area contributed by atoms with Crippen LogP contribution < -0.4 is 11.1 Å². The van der Waals surface area contributed by atoms with Gasteiger partial charge in [-0.15, -0.1) is 0 Å². The molecular formula is C16H16BrFN6O. The molecule has 3 N–H and O–H groups in total. The lowest BCUT2D eigenvalue weighted by Gasteiger charge is -2.24. The van der Waals surface area contributed by atoms with E-state index in [-0.39, 0.29) is 17.7 Å². The number of rotatable bonds is 3. The van der Waals surface area contributed by atoms with Crippen molar-refractivity contribution in [3.63, 3.8) is 0 Å². The molecule has 0 spiro atoms. The number of anilines is 1. The van der Waals surface area contributed by atoms with Crippen molar-refractivity contribution in [2.45, 2.75) is 12.6 Å². The minimum absolute atomic E-state index is 0.0326. The number of halogens is 2. The van der Waals surface area contributed by atoms with E-state index in [1.165, 1.54) is 0 Å². The predicted octanol–water partition coefficient (Wildman–Crippen LogP) is 1.97. The van der Waals surface area contributed by atoms with Gasteiger partial charge in [0.05, 0.1) is 37.2 Å². The van der Waals surface area contributed by atoms with Crippen molar-refractivity contribution in [2.75, 3.05) is 25.4 Å². The maximum atomic E-state index is 14.3. The Labute approximate surface area is 151 Å². The Kier molecular flexibility index (Phi) is 4.36. The number of hydrogen-bond acceptors (Lipinski definition) is 6. The van der Waals surface area contributed by atoms with Gasteiger partial charge in [-0.3, -0.25) is 0 Å². The van der Waals surface area contributed by atoms with Gasteiger partial charge in [-0.1, -0.05) is 0 Å². The molecule has 25 heavy (non-hydrogen) atoms. The average molecular weight is 407 g/mol. The van der Waals surface area contributed by atoms with Gasteiger partial charge in [0.1, 0.15) is 10.3 Å². The molecule has 4 rings (SSSR count). The second-order valence-electron chi connectivity index (χ2n) is 5.84. The molecule has 0 bridgehead atoms. The highest BCUT2D eigenvalue weighted by molar-refractivity contribution is 9.10. The molecule has 1 atom stereocenters. The smallest absolute Gasteiger partial charge is 0.220 e. The Morgan fingerprint density at radius 1 is 1.40 bits per heavy atom. The highest BCUT2D eigenvalue weighted by Crippen LogP contribution is 2.32. The highest BCUT2D eigenvalue weighted by Gasteiger charge is 2.20. The first-order chi connectivity index (χ1) is 12.1. The Bertz CT molecular complexity index is 924. The van der Waals surface area contributed by atoms with Gasteiger partial charge >= 0.3 is 0 Å². The summed E-state index contributed by atoms with van der Waals surface area (Å²) >= 11 is 3.37. The zero-order valence-corrected chi connectivity index (χ0v) is 14.8. The van der Waals surface area contributed by atoms with E-state index >= 15 is 0 Å². The van der Waals surface area contributed by atoms with Gasteiger partial charge in [0.2, 0.25) is 5.95 Å². The number of pyridine rings is 1. The molecule has 7 nitrogen and oxygen atoms in total. The Morgan fingerprint density at radius 2 is 2.28 bits per heavy atom. The van der Waals surface area contributed by atoms with E-state index in [9.17, 15) is 4.39 Å². The Morgan fingerprint density at radius 3 is 3.08 bits per heavy atom. The van der Waals surface area contributed by atoms with Crippen LogP contribution in [0, 0.1) is 5.82 Å². The molecule has 3 aromatic rings. The maximum Gasteiger partial charge on any atom is 0.220 e. The fourth-order valence-corrected chi connectivity index (χ4v) is 3.36. The number of fused-ring (bicyclic) bond motifs is 1. The summed E-state index contributed by atoms with van der Waals surface area (Å²) in [5, 5.41) is 4.14. The lowest BCUT2D eigenvalue weighted by Crippen LogP contribution is -2.40. The number of nitrogens with zero attached hydrogens (tertiary/aromatic N) is 4. The molecule has 0 radical (unpaired) electrons. The summed E-state index contributed by atoms with van der Waals surface area (Å²) < 4.78 is 22.8. The van der Waals surface area contributed by atoms with E-state index in [2.05, 4.69) is 36.2 Å². The Balaban J connectivity index is 1.83. The molecule has 130 valence electrons. The molecule has 1 saturated heterocycles. The van der Waals surface area contributed by atoms with Crippen LogP contribution in [0.25, 0.3) is 22.2 Å². The summed E-state index contributed by atoms with van der Waals surface area (Å²) in [5.41, 5.74) is 7.35. The molecule has 1 aliphatic heterocycles. The number of ether oxygens (including phenoxy) is 1. The van der Waals surface area contributed by atoms with Crippen molar-refractivity contribution in [2.24, 2.45) is 0 Å². The van der Waals surface area contributed by atoms with Crippen molar-refractivity contribution >= 4 is 32.8 Å². The molecular weight excluding hydrogens is 391 g/mol. The average Bonchev–Trinajstić information content (AvgIpc) is 2.95. The number of morpholine rings is 1. The van der Waals surface area contributed by atoms with E-state index in [0.29, 0.717) is 23.3 Å². The molecule has 1 unspecified atom stereocenters. The molecule has 1 fully saturated rings. The summed E-state index contributed by atoms with van der Waals surface area (Å²) in [6.07, 6.45) is 4.75. The molecule has 3 aromatic heterocycles. The van der Waals surface area contributed by atoms with Crippen LogP contribution in [0.2, 0.25) is 0 Å². The monoisotopic (exact) mass is 406 g/mol. The number of nitrogen functional groups attached to an aromatic ring is 1. The second-order valence-corrected chi connectivity index (χ2v) is 6.65. The Hall–Kier alpha value is -2.10. The molecule has 0 amide bonds. The first-order valence-electron chi connectivity index (χ1n) is 7.87. The van der Waals surface area contributed by atoms with Gasteiger partial charge in [0.15, 0.2) is 5.82 Å². The topological polar surface area (TPSA) is 90.9 Å². The molecule has 0 aliphatic carbocycles. The first-order valence-corrected chi connectivity index (χ1v) is 8.66. The highest BCUT2D eigenvalue weighted by atomic mass is 79.9. The minimum atomic E-state index is -0.517. The largest absolute Gasteiger partial charge is 0.374 e. The van der Waals surface area contributed by atoms with Crippen molar-refractivity contribution in [1.29, 1.82) is 0 Å². The van der Waals surface area contributed by atoms with Gasteiger partial charge in [0.25, 0.3) is 0 Å². The van der Waals surface area contributed by atoms with Crippen LogP contribution in [-0.4, -0.2) is 45.3 Å². The van der Waals surface area contributed by atoms with Crippen LogP contribution in [0.1, 0.15) is 0 Å². The third-order valence-corrected chi connectivity index (χ3v) is 4.59. The fraction of sp³-hybridized carbons (Fsp3) is 0.312. The minimum Gasteiger partial charge on any atom is -0.374 e. The third-order valence-electron chi connectivity index (χ3n) is 4.16. The summed E-state index contributed by atoms with van der Waals surface area (Å²) in [6.45, 7) is 2.94. The number of hydrogen-bond donors (Lipinski definition) is 2. The quantitative estimate of drug-likeness (QED) is 0.646. The molecule has 0 aromatic carbocycles. The zero-order chi connectivity index (χ0) is 17.4. The summed E-state index contributed by atoms with van der Waals surface area (Å²) in [6, 6.07) is 1.85. The fourth-order valence-electron chi connectivity index (χ4n) is 3.03. The van der Waals surface area contributed by atoms with Crippen LogP contribution in [-0.2, 0) is 11.3 Å². The first kappa shape index (κ1) is 16.4. The molecule has 4 heterocycles. The SMILES string of the molecule is Nc1ncc(F)c(-c2cn(CC3CNCCO3)c3cnc(Br)cc23)n1. The van der Waals surface area contributed by atoms with Crippen molar-refractivity contribution in [3.05, 3.63) is 35.1 Å². The van der Waals surface area contributed by atoms with E-state index in [0.717, 1.165) is 30.2 Å². The van der Waals surface area contributed by atoms with E-state index in [1.54, 1.807) is 6.20 Å². The van der Waals surface area contributed by atoms with E-state index < -0.39 is 5.82 Å². The number of nitrogens with two attached hydrogens (primary N) is 1. The number of aromatic nitrogens is 4. The van der Waals surface area contributed by atoms with Gasteiger partial charge in [-0.05, 0) is 22.0 Å². The van der Waals surface area contributed by atoms with Crippen molar-refractivity contribution in [1.82, 2.24) is 24.8 Å². The van der Waals surface area contributed by atoms with Gasteiger partial charge in [-0.25, -0.2) is 19.3 Å². The van der Waals surface area contributed by atoms with Crippen LogP contribution in [0.15, 0.2) is 29.3 Å². The number of nitrogens with one attached hydrogen (secondary N) is 1. The molecule has 0 saturated carbocycles.